The van der Waals surface area contributed by atoms with Gasteiger partial charge in [-0.2, -0.15) is 0 Å². The molecule has 24 heavy (non-hydrogen) atoms. The molecule has 0 atom stereocenters. The summed E-state index contributed by atoms with van der Waals surface area (Å²) in [5.41, 5.74) is 2.74. The SMILES string of the molecule is CCCCN(CC)c1nc(-c2ccc(CO)cc2CO)c(C=O)s1. The summed E-state index contributed by atoms with van der Waals surface area (Å²) in [6.45, 7) is 5.72. The van der Waals surface area contributed by atoms with Crippen LogP contribution in [-0.4, -0.2) is 34.6 Å². The van der Waals surface area contributed by atoms with E-state index in [-0.39, 0.29) is 13.2 Å². The first-order chi connectivity index (χ1) is 11.7. The van der Waals surface area contributed by atoms with Crippen molar-refractivity contribution in [3.63, 3.8) is 0 Å². The number of thiazole rings is 1. The van der Waals surface area contributed by atoms with Gasteiger partial charge >= 0.3 is 0 Å². The summed E-state index contributed by atoms with van der Waals surface area (Å²) in [4.78, 5) is 18.9. The van der Waals surface area contributed by atoms with Gasteiger partial charge in [-0.25, -0.2) is 4.98 Å². The zero-order valence-electron chi connectivity index (χ0n) is 14.2. The number of hydrogen-bond donors (Lipinski definition) is 2. The van der Waals surface area contributed by atoms with E-state index in [1.807, 2.05) is 6.07 Å². The number of unbranched alkanes of at least 4 members (excludes halogenated alkanes) is 1. The van der Waals surface area contributed by atoms with Gasteiger partial charge in [0.25, 0.3) is 0 Å². The van der Waals surface area contributed by atoms with Crippen LogP contribution in [0.2, 0.25) is 0 Å². The van der Waals surface area contributed by atoms with Crippen molar-refractivity contribution in [2.24, 2.45) is 0 Å². The number of carbonyl (C=O) groups excluding carboxylic acids is 1. The third kappa shape index (κ3) is 4.01. The summed E-state index contributed by atoms with van der Waals surface area (Å²) in [6, 6.07) is 5.35. The highest BCUT2D eigenvalue weighted by Gasteiger charge is 2.18. The van der Waals surface area contributed by atoms with Crippen LogP contribution in [0.25, 0.3) is 11.3 Å². The van der Waals surface area contributed by atoms with E-state index >= 15 is 0 Å². The number of nitrogens with zero attached hydrogens (tertiary/aromatic N) is 2. The van der Waals surface area contributed by atoms with Gasteiger partial charge in [-0.15, -0.1) is 0 Å². The second-order valence-corrected chi connectivity index (χ2v) is 6.58. The Balaban J connectivity index is 2.45. The molecular weight excluding hydrogens is 324 g/mol. The van der Waals surface area contributed by atoms with Gasteiger partial charge in [0.1, 0.15) is 0 Å². The molecule has 0 saturated carbocycles. The molecule has 0 fully saturated rings. The fourth-order valence-electron chi connectivity index (χ4n) is 2.57. The maximum absolute atomic E-state index is 11.5. The molecule has 130 valence electrons. The molecule has 1 heterocycles. The first-order valence-corrected chi connectivity index (χ1v) is 9.04. The quantitative estimate of drug-likeness (QED) is 0.681. The molecule has 0 spiro atoms. The molecule has 0 aliphatic carbocycles. The van der Waals surface area contributed by atoms with Crippen LogP contribution in [0.1, 0.15) is 47.5 Å². The van der Waals surface area contributed by atoms with E-state index in [0.29, 0.717) is 16.1 Å². The highest BCUT2D eigenvalue weighted by Crippen LogP contribution is 2.34. The molecule has 0 unspecified atom stereocenters. The van der Waals surface area contributed by atoms with Gasteiger partial charge in [0, 0.05) is 18.7 Å². The van der Waals surface area contributed by atoms with E-state index < -0.39 is 0 Å². The van der Waals surface area contributed by atoms with E-state index in [4.69, 9.17) is 0 Å². The Bertz CT molecular complexity index is 685. The third-order valence-corrected chi connectivity index (χ3v) is 5.00. The number of hydrogen-bond acceptors (Lipinski definition) is 6. The Hall–Kier alpha value is -1.76. The smallest absolute Gasteiger partial charge is 0.186 e. The van der Waals surface area contributed by atoms with Gasteiger partial charge < -0.3 is 15.1 Å². The predicted octanol–water partition coefficient (Wildman–Crippen LogP) is 3.23. The number of aromatic nitrogens is 1. The topological polar surface area (TPSA) is 73.7 Å². The molecule has 0 amide bonds. The normalized spacial score (nSPS) is 10.8. The molecule has 0 saturated heterocycles. The van der Waals surface area contributed by atoms with Gasteiger partial charge in [0.2, 0.25) is 0 Å². The zero-order chi connectivity index (χ0) is 17.5. The fourth-order valence-corrected chi connectivity index (χ4v) is 3.56. The minimum atomic E-state index is -0.165. The number of aldehydes is 1. The molecule has 0 bridgehead atoms. The van der Waals surface area contributed by atoms with Crippen LogP contribution in [0.4, 0.5) is 5.13 Å². The Morgan fingerprint density at radius 2 is 2.04 bits per heavy atom. The molecule has 5 nitrogen and oxygen atoms in total. The summed E-state index contributed by atoms with van der Waals surface area (Å²) >= 11 is 1.38. The van der Waals surface area contributed by atoms with Crippen LogP contribution in [0.15, 0.2) is 18.2 Å². The zero-order valence-corrected chi connectivity index (χ0v) is 15.0. The maximum atomic E-state index is 11.5. The molecular formula is C18H24N2O3S. The highest BCUT2D eigenvalue weighted by molar-refractivity contribution is 7.17. The lowest BCUT2D eigenvalue weighted by Crippen LogP contribution is -2.23. The van der Waals surface area contributed by atoms with E-state index in [0.717, 1.165) is 48.5 Å². The van der Waals surface area contributed by atoms with Gasteiger partial charge in [0.15, 0.2) is 11.4 Å². The lowest BCUT2D eigenvalue weighted by Gasteiger charge is -2.19. The van der Waals surface area contributed by atoms with Crippen molar-refractivity contribution in [3.05, 3.63) is 34.2 Å². The third-order valence-electron chi connectivity index (χ3n) is 3.96. The molecule has 0 aliphatic rings. The highest BCUT2D eigenvalue weighted by atomic mass is 32.1. The number of anilines is 1. The van der Waals surface area contributed by atoms with Gasteiger partial charge in [0.05, 0.1) is 23.8 Å². The molecule has 0 radical (unpaired) electrons. The van der Waals surface area contributed by atoms with Crippen molar-refractivity contribution in [2.45, 2.75) is 39.9 Å². The second-order valence-electron chi connectivity index (χ2n) is 5.57. The number of benzene rings is 1. The Morgan fingerprint density at radius 3 is 2.62 bits per heavy atom. The number of carbonyl (C=O) groups is 1. The predicted molar refractivity (Wildman–Crippen MR) is 97.6 cm³/mol. The summed E-state index contributed by atoms with van der Waals surface area (Å²) < 4.78 is 0. The van der Waals surface area contributed by atoms with E-state index in [1.165, 1.54) is 11.3 Å². The Kier molecular flexibility index (Phi) is 6.90. The molecule has 2 N–H and O–H groups in total. The van der Waals surface area contributed by atoms with E-state index in [1.54, 1.807) is 12.1 Å². The van der Waals surface area contributed by atoms with Crippen molar-refractivity contribution in [3.8, 4) is 11.3 Å². The first-order valence-electron chi connectivity index (χ1n) is 8.23. The van der Waals surface area contributed by atoms with E-state index in [2.05, 4.69) is 23.7 Å². The Labute approximate surface area is 146 Å². The van der Waals surface area contributed by atoms with Crippen LogP contribution in [0.5, 0.6) is 0 Å². The van der Waals surface area contributed by atoms with Crippen LogP contribution >= 0.6 is 11.3 Å². The molecule has 0 aliphatic heterocycles. The Morgan fingerprint density at radius 1 is 1.25 bits per heavy atom. The lowest BCUT2D eigenvalue weighted by atomic mass is 10.0. The molecule has 1 aromatic heterocycles. The number of rotatable bonds is 9. The summed E-state index contributed by atoms with van der Waals surface area (Å²) in [5.74, 6) is 0. The van der Waals surface area contributed by atoms with E-state index in [9.17, 15) is 15.0 Å². The van der Waals surface area contributed by atoms with Crippen LogP contribution < -0.4 is 4.90 Å². The van der Waals surface area contributed by atoms with Crippen molar-refractivity contribution in [1.82, 2.24) is 4.98 Å². The second kappa shape index (κ2) is 8.92. The summed E-state index contributed by atoms with van der Waals surface area (Å²) in [5, 5.41) is 19.7. The van der Waals surface area contributed by atoms with Crippen molar-refractivity contribution >= 4 is 22.8 Å². The van der Waals surface area contributed by atoms with Crippen molar-refractivity contribution in [1.29, 1.82) is 0 Å². The number of aliphatic hydroxyl groups excluding tert-OH is 2. The summed E-state index contributed by atoms with van der Waals surface area (Å²) in [7, 11) is 0. The molecule has 6 heteroatoms. The average Bonchev–Trinajstić information content (AvgIpc) is 3.05. The standard InChI is InChI=1S/C18H24N2O3S/c1-3-5-8-20(4-2)18-19-17(16(12-23)24-18)15-7-6-13(10-21)9-14(15)11-22/h6-7,9,12,21-22H,3-5,8,10-11H2,1-2H3. The first kappa shape index (κ1) is 18.6. The average molecular weight is 348 g/mol. The van der Waals surface area contributed by atoms with Crippen LogP contribution in [-0.2, 0) is 13.2 Å². The van der Waals surface area contributed by atoms with Crippen molar-refractivity contribution < 1.29 is 15.0 Å². The lowest BCUT2D eigenvalue weighted by molar-refractivity contribution is 0.112. The van der Waals surface area contributed by atoms with Crippen molar-refractivity contribution in [2.75, 3.05) is 18.0 Å². The van der Waals surface area contributed by atoms with Gasteiger partial charge in [-0.3, -0.25) is 4.79 Å². The minimum absolute atomic E-state index is 0.0865. The van der Waals surface area contributed by atoms with Gasteiger partial charge in [-0.05, 0) is 24.5 Å². The largest absolute Gasteiger partial charge is 0.392 e. The number of aliphatic hydroxyl groups is 2. The maximum Gasteiger partial charge on any atom is 0.186 e. The van der Waals surface area contributed by atoms with Crippen LogP contribution in [0.3, 0.4) is 0 Å². The molecule has 1 aromatic carbocycles. The molecule has 2 aromatic rings. The molecule has 2 rings (SSSR count). The summed E-state index contributed by atoms with van der Waals surface area (Å²) in [6.07, 6.45) is 3.00. The fraction of sp³-hybridized carbons (Fsp3) is 0.444. The van der Waals surface area contributed by atoms with Gasteiger partial charge in [-0.1, -0.05) is 42.9 Å². The van der Waals surface area contributed by atoms with Crippen LogP contribution in [0, 0.1) is 0 Å². The monoisotopic (exact) mass is 348 g/mol. The minimum Gasteiger partial charge on any atom is -0.392 e.